The molecule has 4 nitrogen and oxygen atoms in total. The summed E-state index contributed by atoms with van der Waals surface area (Å²) in [5.74, 6) is 0.00559. The smallest absolute Gasteiger partial charge is 0.283 e. The van der Waals surface area contributed by atoms with Crippen LogP contribution >= 0.6 is 35.0 Å². The Labute approximate surface area is 171 Å². The number of Topliss-reactive ketones (excluding diaryl/α,β-unsaturated/α-hetero) is 1. The van der Waals surface area contributed by atoms with E-state index in [0.717, 1.165) is 11.1 Å². The number of amidine groups is 1. The summed E-state index contributed by atoms with van der Waals surface area (Å²) in [6, 6.07) is 12.7. The lowest BCUT2D eigenvalue weighted by Crippen LogP contribution is -2.30. The standard InChI is InChI=1S/C20H16Cl2N2O2S/c1-12-3-6-15(7-4-12)24-19(26)18(23-20(24)27-11-13(2)25)10-14-5-8-16(21)17(22)9-14/h3-10H,11H2,1-2H3/b18-10-. The molecule has 1 amide bonds. The van der Waals surface area contributed by atoms with Gasteiger partial charge in [-0.3, -0.25) is 14.5 Å². The van der Waals surface area contributed by atoms with Gasteiger partial charge in [0.25, 0.3) is 5.91 Å². The van der Waals surface area contributed by atoms with Crippen molar-refractivity contribution < 1.29 is 9.59 Å². The summed E-state index contributed by atoms with van der Waals surface area (Å²) in [5, 5.41) is 1.33. The van der Waals surface area contributed by atoms with Crippen LogP contribution in [0.2, 0.25) is 10.0 Å². The highest BCUT2D eigenvalue weighted by Gasteiger charge is 2.32. The topological polar surface area (TPSA) is 49.7 Å². The van der Waals surface area contributed by atoms with Crippen LogP contribution in [0.1, 0.15) is 18.1 Å². The van der Waals surface area contributed by atoms with E-state index >= 15 is 0 Å². The Kier molecular flexibility index (Phi) is 6.05. The van der Waals surface area contributed by atoms with E-state index in [1.807, 2.05) is 31.2 Å². The van der Waals surface area contributed by atoms with Crippen LogP contribution in [0.4, 0.5) is 5.69 Å². The highest BCUT2D eigenvalue weighted by molar-refractivity contribution is 8.14. The van der Waals surface area contributed by atoms with Crippen LogP contribution in [0, 0.1) is 6.92 Å². The van der Waals surface area contributed by atoms with Gasteiger partial charge < -0.3 is 0 Å². The summed E-state index contributed by atoms with van der Waals surface area (Å²) < 4.78 is 0. The maximum atomic E-state index is 13.0. The summed E-state index contributed by atoms with van der Waals surface area (Å²) in [7, 11) is 0. The highest BCUT2D eigenvalue weighted by atomic mass is 35.5. The summed E-state index contributed by atoms with van der Waals surface area (Å²) >= 11 is 13.2. The summed E-state index contributed by atoms with van der Waals surface area (Å²) in [5.41, 5.74) is 2.79. The summed E-state index contributed by atoms with van der Waals surface area (Å²) in [6.45, 7) is 3.48. The molecule has 1 heterocycles. The van der Waals surface area contributed by atoms with Crippen molar-refractivity contribution in [2.75, 3.05) is 10.7 Å². The van der Waals surface area contributed by atoms with Gasteiger partial charge in [-0.2, -0.15) is 0 Å². The number of carbonyl (C=O) groups is 2. The number of halogens is 2. The quantitative estimate of drug-likeness (QED) is 0.627. The van der Waals surface area contributed by atoms with Crippen LogP contribution in [0.5, 0.6) is 0 Å². The maximum absolute atomic E-state index is 13.0. The maximum Gasteiger partial charge on any atom is 0.283 e. The zero-order chi connectivity index (χ0) is 19.6. The fourth-order valence-corrected chi connectivity index (χ4v) is 3.56. The largest absolute Gasteiger partial charge is 0.299 e. The lowest BCUT2D eigenvalue weighted by molar-refractivity contribution is -0.115. The van der Waals surface area contributed by atoms with E-state index in [4.69, 9.17) is 23.2 Å². The third-order valence-corrected chi connectivity index (χ3v) is 5.60. The number of anilines is 1. The number of hydrogen-bond donors (Lipinski definition) is 0. The minimum Gasteiger partial charge on any atom is -0.299 e. The molecule has 0 saturated carbocycles. The van der Waals surface area contributed by atoms with Crippen LogP contribution in [0.15, 0.2) is 53.2 Å². The lowest BCUT2D eigenvalue weighted by atomic mass is 10.2. The second-order valence-electron chi connectivity index (χ2n) is 6.06. The molecule has 27 heavy (non-hydrogen) atoms. The third-order valence-electron chi connectivity index (χ3n) is 3.77. The second kappa shape index (κ2) is 8.30. The molecule has 0 unspecified atom stereocenters. The predicted octanol–water partition coefficient (Wildman–Crippen LogP) is 5.37. The molecule has 0 N–H and O–H groups in total. The molecule has 1 aliphatic rings. The molecule has 3 rings (SSSR count). The molecule has 7 heteroatoms. The number of carbonyl (C=O) groups excluding carboxylic acids is 2. The average Bonchev–Trinajstić information content (AvgIpc) is 2.93. The van der Waals surface area contributed by atoms with E-state index in [9.17, 15) is 9.59 Å². The number of hydrogen-bond acceptors (Lipinski definition) is 4. The van der Waals surface area contributed by atoms with Crippen molar-refractivity contribution in [3.05, 3.63) is 69.3 Å². The predicted molar refractivity (Wildman–Crippen MR) is 114 cm³/mol. The molecule has 0 aromatic heterocycles. The molecule has 0 radical (unpaired) electrons. The Hall–Kier alpha value is -2.08. The van der Waals surface area contributed by atoms with Gasteiger partial charge in [0.15, 0.2) is 5.17 Å². The first kappa shape index (κ1) is 19.7. The van der Waals surface area contributed by atoms with E-state index in [0.29, 0.717) is 20.9 Å². The van der Waals surface area contributed by atoms with Crippen LogP contribution in [0.3, 0.4) is 0 Å². The first-order valence-electron chi connectivity index (χ1n) is 8.14. The van der Waals surface area contributed by atoms with Crippen LogP contribution < -0.4 is 4.90 Å². The molecule has 0 bridgehead atoms. The van der Waals surface area contributed by atoms with Crippen molar-refractivity contribution >= 4 is 63.6 Å². The van der Waals surface area contributed by atoms with Crippen LogP contribution in [-0.2, 0) is 9.59 Å². The van der Waals surface area contributed by atoms with Gasteiger partial charge >= 0.3 is 0 Å². The normalized spacial score (nSPS) is 15.4. The number of rotatable bonds is 4. The van der Waals surface area contributed by atoms with E-state index in [2.05, 4.69) is 4.99 Å². The van der Waals surface area contributed by atoms with Crippen molar-refractivity contribution in [1.82, 2.24) is 0 Å². The number of thioether (sulfide) groups is 1. The summed E-state index contributed by atoms with van der Waals surface area (Å²) in [6.07, 6.45) is 1.66. The van der Waals surface area contributed by atoms with Crippen LogP contribution in [-0.4, -0.2) is 22.6 Å². The Bertz CT molecular complexity index is 968. The highest BCUT2D eigenvalue weighted by Crippen LogP contribution is 2.30. The van der Waals surface area contributed by atoms with Gasteiger partial charge in [0, 0.05) is 0 Å². The molecule has 2 aromatic carbocycles. The van der Waals surface area contributed by atoms with Crippen molar-refractivity contribution in [2.24, 2.45) is 4.99 Å². The SMILES string of the molecule is CC(=O)CSC1=N/C(=C\c2ccc(Cl)c(Cl)c2)C(=O)N1c1ccc(C)cc1. The van der Waals surface area contributed by atoms with E-state index < -0.39 is 0 Å². The molecular formula is C20H16Cl2N2O2S. The Morgan fingerprint density at radius 2 is 1.85 bits per heavy atom. The Balaban J connectivity index is 1.98. The first-order chi connectivity index (χ1) is 12.8. The molecule has 0 atom stereocenters. The number of aryl methyl sites for hydroxylation is 1. The molecule has 0 spiro atoms. The fourth-order valence-electron chi connectivity index (χ4n) is 2.44. The molecule has 1 aliphatic heterocycles. The van der Waals surface area contributed by atoms with Gasteiger partial charge in [-0.05, 0) is 49.8 Å². The average molecular weight is 419 g/mol. The number of ketones is 1. The zero-order valence-electron chi connectivity index (χ0n) is 14.7. The third kappa shape index (κ3) is 4.61. The zero-order valence-corrected chi connectivity index (χ0v) is 17.0. The minimum atomic E-state index is -0.254. The second-order valence-corrected chi connectivity index (χ2v) is 7.82. The summed E-state index contributed by atoms with van der Waals surface area (Å²) in [4.78, 5) is 30.4. The number of aliphatic imine (C=N–C) groups is 1. The van der Waals surface area contributed by atoms with E-state index in [1.54, 1.807) is 24.3 Å². The molecule has 2 aromatic rings. The van der Waals surface area contributed by atoms with Gasteiger partial charge in [-0.1, -0.05) is 58.7 Å². The molecule has 0 saturated heterocycles. The van der Waals surface area contributed by atoms with Crippen LogP contribution in [0.25, 0.3) is 6.08 Å². The number of benzene rings is 2. The molecular weight excluding hydrogens is 403 g/mol. The molecule has 138 valence electrons. The minimum absolute atomic E-state index is 0.0147. The Morgan fingerprint density at radius 3 is 2.48 bits per heavy atom. The van der Waals surface area contributed by atoms with Crippen molar-refractivity contribution in [3.8, 4) is 0 Å². The molecule has 0 fully saturated rings. The van der Waals surface area contributed by atoms with Gasteiger partial charge in [0.2, 0.25) is 0 Å². The van der Waals surface area contributed by atoms with Gasteiger partial charge in [0.05, 0.1) is 21.5 Å². The van der Waals surface area contributed by atoms with Crippen molar-refractivity contribution in [3.63, 3.8) is 0 Å². The van der Waals surface area contributed by atoms with Crippen molar-refractivity contribution in [1.29, 1.82) is 0 Å². The molecule has 0 aliphatic carbocycles. The van der Waals surface area contributed by atoms with Gasteiger partial charge in [-0.15, -0.1) is 0 Å². The number of amides is 1. The van der Waals surface area contributed by atoms with E-state index in [-0.39, 0.29) is 23.1 Å². The van der Waals surface area contributed by atoms with Gasteiger partial charge in [0.1, 0.15) is 11.5 Å². The lowest BCUT2D eigenvalue weighted by Gasteiger charge is -2.17. The van der Waals surface area contributed by atoms with Gasteiger partial charge in [-0.25, -0.2) is 4.99 Å². The van der Waals surface area contributed by atoms with E-state index in [1.165, 1.54) is 23.6 Å². The first-order valence-corrected chi connectivity index (χ1v) is 9.88. The Morgan fingerprint density at radius 1 is 1.15 bits per heavy atom. The van der Waals surface area contributed by atoms with Crippen molar-refractivity contribution in [2.45, 2.75) is 13.8 Å². The number of nitrogens with zero attached hydrogens (tertiary/aromatic N) is 2. The fraction of sp³-hybridized carbons (Fsp3) is 0.150. The monoisotopic (exact) mass is 418 g/mol.